The summed E-state index contributed by atoms with van der Waals surface area (Å²) in [7, 11) is 7.38. The van der Waals surface area contributed by atoms with Gasteiger partial charge in [-0.2, -0.15) is 0 Å². The minimum Gasteiger partial charge on any atom is -0.472 e. The molecule has 10 heteroatoms. The second-order valence-corrected chi connectivity index (χ2v) is 10.3. The highest BCUT2D eigenvalue weighted by Crippen LogP contribution is 2.34. The number of imidazole rings is 1. The Morgan fingerprint density at radius 1 is 1.22 bits per heavy atom. The van der Waals surface area contributed by atoms with Crippen molar-refractivity contribution in [2.24, 2.45) is 5.92 Å². The van der Waals surface area contributed by atoms with E-state index in [2.05, 4.69) is 45.1 Å². The van der Waals surface area contributed by atoms with Crippen LogP contribution < -0.4 is 15.1 Å². The van der Waals surface area contributed by atoms with Gasteiger partial charge in [-0.25, -0.2) is 19.5 Å². The fourth-order valence-electron chi connectivity index (χ4n) is 5.03. The van der Waals surface area contributed by atoms with E-state index in [0.29, 0.717) is 16.6 Å². The van der Waals surface area contributed by atoms with Crippen LogP contribution in [-0.2, 0) is 12.8 Å². The Morgan fingerprint density at radius 2 is 2.08 bits per heavy atom. The fourth-order valence-corrected chi connectivity index (χ4v) is 5.73. The average Bonchev–Trinajstić information content (AvgIpc) is 3.60. The lowest BCUT2D eigenvalue weighted by Crippen LogP contribution is -2.37. The lowest BCUT2D eigenvalue weighted by Gasteiger charge is -2.32. The zero-order valence-corrected chi connectivity index (χ0v) is 21.3. The van der Waals surface area contributed by atoms with Gasteiger partial charge in [-0.05, 0) is 72.6 Å². The summed E-state index contributed by atoms with van der Waals surface area (Å²) in [4.78, 5) is 16.6. The van der Waals surface area contributed by atoms with E-state index in [9.17, 15) is 0 Å². The first-order valence-electron chi connectivity index (χ1n) is 12.4. The van der Waals surface area contributed by atoms with Crippen LogP contribution in [0.1, 0.15) is 37.3 Å². The molecule has 5 heterocycles. The predicted molar refractivity (Wildman–Crippen MR) is 143 cm³/mol. The number of piperidine rings is 1. The first-order valence-corrected chi connectivity index (χ1v) is 13.2. The van der Waals surface area contributed by atoms with Gasteiger partial charge in [0.05, 0.1) is 13.3 Å². The van der Waals surface area contributed by atoms with Crippen LogP contribution in [0.5, 0.6) is 5.19 Å². The lowest BCUT2D eigenvalue weighted by molar-refractivity contribution is 0.388. The zero-order chi connectivity index (χ0) is 24.6. The molecule has 2 radical (unpaired) electrons. The number of rotatable bonds is 7. The summed E-state index contributed by atoms with van der Waals surface area (Å²) in [5.41, 5.74) is 4.92. The molecule has 1 saturated heterocycles. The van der Waals surface area contributed by atoms with Crippen LogP contribution in [0.3, 0.4) is 0 Å². The van der Waals surface area contributed by atoms with Gasteiger partial charge in [-0.3, -0.25) is 0 Å². The molecule has 182 valence electrons. The maximum absolute atomic E-state index is 6.30. The summed E-state index contributed by atoms with van der Waals surface area (Å²) in [5.74, 6) is 2.13. The third-order valence-corrected chi connectivity index (χ3v) is 7.81. The lowest BCUT2D eigenvalue weighted by atomic mass is 9.90. The number of fused-ring (bicyclic) bond motifs is 2. The monoisotopic (exact) mass is 498 g/mol. The number of ether oxygens (including phenoxy) is 1. The van der Waals surface area contributed by atoms with Crippen molar-refractivity contribution in [2.75, 3.05) is 25.1 Å². The molecule has 1 aromatic carbocycles. The highest BCUT2D eigenvalue weighted by Gasteiger charge is 2.22. The van der Waals surface area contributed by atoms with Crippen molar-refractivity contribution in [1.82, 2.24) is 24.6 Å². The van der Waals surface area contributed by atoms with E-state index in [1.807, 2.05) is 6.20 Å². The minimum absolute atomic E-state index is 0.590. The van der Waals surface area contributed by atoms with Crippen molar-refractivity contribution in [1.29, 1.82) is 0 Å². The van der Waals surface area contributed by atoms with Crippen LogP contribution in [0.15, 0.2) is 41.2 Å². The van der Waals surface area contributed by atoms with Crippen LogP contribution in [0.25, 0.3) is 27.4 Å². The van der Waals surface area contributed by atoms with Gasteiger partial charge < -0.3 is 14.1 Å². The Morgan fingerprint density at radius 3 is 2.86 bits per heavy atom. The van der Waals surface area contributed by atoms with Gasteiger partial charge in [0.1, 0.15) is 19.1 Å². The molecule has 8 nitrogen and oxygen atoms in total. The zero-order valence-electron chi connectivity index (χ0n) is 20.5. The summed E-state index contributed by atoms with van der Waals surface area (Å²) < 4.78 is 13.3. The first-order chi connectivity index (χ1) is 17.6. The quantitative estimate of drug-likeness (QED) is 0.311. The Labute approximate surface area is 214 Å². The largest absolute Gasteiger partial charge is 0.472 e. The van der Waals surface area contributed by atoms with Gasteiger partial charge in [-0.15, -0.1) is 5.10 Å². The minimum atomic E-state index is 0.590. The number of aromatic nitrogens is 5. The van der Waals surface area contributed by atoms with Crippen molar-refractivity contribution < 1.29 is 9.15 Å². The number of nitrogens with zero attached hydrogens (tertiary/aromatic N) is 6. The van der Waals surface area contributed by atoms with Gasteiger partial charge in [0.2, 0.25) is 10.9 Å². The molecule has 4 aromatic heterocycles. The third kappa shape index (κ3) is 4.45. The van der Waals surface area contributed by atoms with Crippen molar-refractivity contribution in [3.05, 3.63) is 47.9 Å². The van der Waals surface area contributed by atoms with Gasteiger partial charge in [0.25, 0.3) is 5.19 Å². The van der Waals surface area contributed by atoms with E-state index < -0.39 is 0 Å². The molecular formula is C26H27BN6O2S. The molecule has 0 bridgehead atoms. The maximum Gasteiger partial charge on any atom is 0.294 e. The van der Waals surface area contributed by atoms with Crippen LogP contribution in [-0.4, -0.2) is 52.6 Å². The van der Waals surface area contributed by atoms with Crippen molar-refractivity contribution in [2.45, 2.75) is 39.0 Å². The summed E-state index contributed by atoms with van der Waals surface area (Å²) in [6, 6.07) is 6.62. The second-order valence-electron chi connectivity index (χ2n) is 9.37. The molecule has 1 aliphatic rings. The maximum atomic E-state index is 6.30. The number of aryl methyl sites for hydroxylation is 2. The molecule has 1 unspecified atom stereocenters. The Kier molecular flexibility index (Phi) is 6.13. The molecule has 6 rings (SSSR count). The highest BCUT2D eigenvalue weighted by atomic mass is 32.1. The molecule has 0 saturated carbocycles. The summed E-state index contributed by atoms with van der Waals surface area (Å²) in [6.45, 7) is 4.14. The van der Waals surface area contributed by atoms with E-state index in [1.165, 1.54) is 34.3 Å². The van der Waals surface area contributed by atoms with E-state index in [4.69, 9.17) is 22.0 Å². The number of methoxy groups -OCH3 is 1. The van der Waals surface area contributed by atoms with Gasteiger partial charge >= 0.3 is 0 Å². The van der Waals surface area contributed by atoms with Crippen molar-refractivity contribution >= 4 is 46.5 Å². The molecule has 1 aliphatic heterocycles. The van der Waals surface area contributed by atoms with Crippen molar-refractivity contribution in [3.63, 3.8) is 0 Å². The number of benzene rings is 1. The molecule has 0 aliphatic carbocycles. The summed E-state index contributed by atoms with van der Waals surface area (Å²) in [6.07, 6.45) is 10.7. The topological polar surface area (TPSA) is 81.6 Å². The van der Waals surface area contributed by atoms with Gasteiger partial charge in [0, 0.05) is 30.9 Å². The highest BCUT2D eigenvalue weighted by molar-refractivity contribution is 7.18. The first kappa shape index (κ1) is 23.0. The molecule has 0 amide bonds. The molecule has 1 atom stereocenters. The SMILES string of the molecule is [B]c1cnc(N2CCCC(CCc3cc(CC)cc4oc(-c5cn6nc(OC)sc6n5)cc34)C2)nc1. The predicted octanol–water partition coefficient (Wildman–Crippen LogP) is 4.21. The molecule has 5 aromatic rings. The number of hydrogen-bond acceptors (Lipinski definition) is 8. The molecule has 0 N–H and O–H groups in total. The van der Waals surface area contributed by atoms with Crippen LogP contribution >= 0.6 is 11.3 Å². The second kappa shape index (κ2) is 9.57. The van der Waals surface area contributed by atoms with E-state index in [-0.39, 0.29) is 0 Å². The number of furan rings is 1. The Balaban J connectivity index is 1.23. The molecule has 36 heavy (non-hydrogen) atoms. The molecule has 1 fully saturated rings. The Bertz CT molecular complexity index is 1480. The molecular weight excluding hydrogens is 471 g/mol. The molecule has 0 spiro atoms. The van der Waals surface area contributed by atoms with Crippen molar-refractivity contribution in [3.8, 4) is 16.6 Å². The normalized spacial score (nSPS) is 16.3. The summed E-state index contributed by atoms with van der Waals surface area (Å²) >= 11 is 1.41. The third-order valence-electron chi connectivity index (χ3n) is 6.92. The van der Waals surface area contributed by atoms with Crippen LogP contribution in [0, 0.1) is 5.92 Å². The number of hydrogen-bond donors (Lipinski definition) is 0. The number of anilines is 1. The summed E-state index contributed by atoms with van der Waals surface area (Å²) in [5, 5.41) is 6.14. The van der Waals surface area contributed by atoms with Gasteiger partial charge in [0.15, 0.2) is 5.76 Å². The standard InChI is InChI=1S/C26H27BN6O2S/c1-3-16-9-18(7-6-17-5-4-8-32(14-17)24-28-12-19(27)13-29-24)20-11-23(35-22(20)10-16)21-15-33-25(30-21)36-26(31-33)34-2/h9-13,15,17H,3-8,14H2,1-2H3. The van der Waals surface area contributed by atoms with E-state index >= 15 is 0 Å². The van der Waals surface area contributed by atoms with E-state index in [1.54, 1.807) is 24.0 Å². The fraction of sp³-hybridized carbons (Fsp3) is 0.385. The average molecular weight is 498 g/mol. The Hall–Kier alpha value is -3.40. The van der Waals surface area contributed by atoms with Gasteiger partial charge in [-0.1, -0.05) is 18.5 Å². The smallest absolute Gasteiger partial charge is 0.294 e. The van der Waals surface area contributed by atoms with E-state index in [0.717, 1.165) is 66.7 Å². The van der Waals surface area contributed by atoms with Crippen LogP contribution in [0.2, 0.25) is 0 Å². The van der Waals surface area contributed by atoms with Crippen LogP contribution in [0.4, 0.5) is 5.95 Å².